The van der Waals surface area contributed by atoms with Crippen LogP contribution < -0.4 is 5.32 Å². The topological polar surface area (TPSA) is 67.2 Å². The molecule has 1 aliphatic rings. The van der Waals surface area contributed by atoms with E-state index in [0.29, 0.717) is 11.7 Å². The first-order chi connectivity index (χ1) is 7.59. The van der Waals surface area contributed by atoms with Crippen LogP contribution in [0.25, 0.3) is 0 Å². The third-order valence-electron chi connectivity index (χ3n) is 2.87. The van der Waals surface area contributed by atoms with Crippen LogP contribution in [0.1, 0.15) is 18.7 Å². The van der Waals surface area contributed by atoms with Gasteiger partial charge in [-0.1, -0.05) is 11.6 Å². The lowest BCUT2D eigenvalue weighted by Gasteiger charge is -2.13. The zero-order valence-electron chi connectivity index (χ0n) is 8.98. The Morgan fingerprint density at radius 3 is 2.94 bits per heavy atom. The molecule has 88 valence electrons. The SMILES string of the molecule is Cn1c(Cl)cnc1CNC(C(=O)O)C1CC1. The molecule has 0 aromatic carbocycles. The van der Waals surface area contributed by atoms with Gasteiger partial charge in [0.2, 0.25) is 0 Å². The minimum absolute atomic E-state index is 0.272. The van der Waals surface area contributed by atoms with E-state index >= 15 is 0 Å². The van der Waals surface area contributed by atoms with Crippen LogP contribution in [0.2, 0.25) is 5.15 Å². The van der Waals surface area contributed by atoms with Crippen LogP contribution >= 0.6 is 11.6 Å². The lowest BCUT2D eigenvalue weighted by Crippen LogP contribution is -2.38. The standard InChI is InChI=1S/C10H14ClN3O2/c1-14-7(11)4-12-8(14)5-13-9(10(15)16)6-2-3-6/h4,6,9,13H,2-3,5H2,1H3,(H,15,16). The highest BCUT2D eigenvalue weighted by atomic mass is 35.5. The van der Waals surface area contributed by atoms with Gasteiger partial charge in [0.05, 0.1) is 12.7 Å². The van der Waals surface area contributed by atoms with Crippen molar-refractivity contribution in [2.75, 3.05) is 0 Å². The molecule has 0 aliphatic heterocycles. The summed E-state index contributed by atoms with van der Waals surface area (Å²) in [5.74, 6) is 0.230. The number of rotatable bonds is 5. The highest BCUT2D eigenvalue weighted by molar-refractivity contribution is 6.29. The molecule has 1 aromatic heterocycles. The van der Waals surface area contributed by atoms with Gasteiger partial charge < -0.3 is 9.67 Å². The normalized spacial score (nSPS) is 17.4. The van der Waals surface area contributed by atoms with Crippen molar-refractivity contribution < 1.29 is 9.90 Å². The smallest absolute Gasteiger partial charge is 0.320 e. The second-order valence-corrected chi connectivity index (χ2v) is 4.48. The van der Waals surface area contributed by atoms with Crippen LogP contribution in [0.15, 0.2) is 6.20 Å². The van der Waals surface area contributed by atoms with E-state index in [1.54, 1.807) is 17.8 Å². The molecule has 0 amide bonds. The minimum atomic E-state index is -0.789. The quantitative estimate of drug-likeness (QED) is 0.811. The van der Waals surface area contributed by atoms with Crippen LogP contribution in [-0.4, -0.2) is 26.7 Å². The molecular weight excluding hydrogens is 230 g/mol. The summed E-state index contributed by atoms with van der Waals surface area (Å²) >= 11 is 5.84. The van der Waals surface area contributed by atoms with E-state index in [-0.39, 0.29) is 5.92 Å². The first-order valence-electron chi connectivity index (χ1n) is 5.22. The number of carboxylic acid groups (broad SMARTS) is 1. The van der Waals surface area contributed by atoms with Gasteiger partial charge in [0, 0.05) is 7.05 Å². The maximum absolute atomic E-state index is 11.0. The van der Waals surface area contributed by atoms with Crippen molar-refractivity contribution in [1.82, 2.24) is 14.9 Å². The lowest BCUT2D eigenvalue weighted by atomic mass is 10.2. The number of aliphatic carboxylic acids is 1. The van der Waals surface area contributed by atoms with Gasteiger partial charge in [-0.15, -0.1) is 0 Å². The van der Waals surface area contributed by atoms with Gasteiger partial charge in [-0.25, -0.2) is 4.98 Å². The van der Waals surface area contributed by atoms with Crippen molar-refractivity contribution in [1.29, 1.82) is 0 Å². The number of nitrogens with zero attached hydrogens (tertiary/aromatic N) is 2. The molecule has 1 fully saturated rings. The Morgan fingerprint density at radius 2 is 2.50 bits per heavy atom. The molecule has 0 saturated heterocycles. The largest absolute Gasteiger partial charge is 0.480 e. The van der Waals surface area contributed by atoms with E-state index in [9.17, 15) is 4.79 Å². The monoisotopic (exact) mass is 243 g/mol. The fourth-order valence-corrected chi connectivity index (χ4v) is 1.82. The number of hydrogen-bond acceptors (Lipinski definition) is 3. The Kier molecular flexibility index (Phi) is 3.16. The summed E-state index contributed by atoms with van der Waals surface area (Å²) in [4.78, 5) is 15.1. The highest BCUT2D eigenvalue weighted by Gasteiger charge is 2.35. The molecule has 2 rings (SSSR count). The van der Waals surface area contributed by atoms with Crippen LogP contribution in [0.4, 0.5) is 0 Å². The predicted octanol–water partition coefficient (Wildman–Crippen LogP) is 1.03. The second-order valence-electron chi connectivity index (χ2n) is 4.09. The van der Waals surface area contributed by atoms with Gasteiger partial charge in [-0.2, -0.15) is 0 Å². The maximum atomic E-state index is 11.0. The Labute approximate surface area is 98.4 Å². The Balaban J connectivity index is 1.95. The number of carbonyl (C=O) groups is 1. The van der Waals surface area contributed by atoms with Crippen LogP contribution in [0.3, 0.4) is 0 Å². The molecule has 1 atom stereocenters. The van der Waals surface area contributed by atoms with Crippen LogP contribution in [-0.2, 0) is 18.4 Å². The first-order valence-corrected chi connectivity index (χ1v) is 5.59. The van der Waals surface area contributed by atoms with Crippen molar-refractivity contribution in [3.63, 3.8) is 0 Å². The van der Waals surface area contributed by atoms with Gasteiger partial charge in [0.25, 0.3) is 0 Å². The average molecular weight is 244 g/mol. The fourth-order valence-electron chi connectivity index (χ4n) is 1.67. The summed E-state index contributed by atoms with van der Waals surface area (Å²) in [6.45, 7) is 0.427. The summed E-state index contributed by atoms with van der Waals surface area (Å²) < 4.78 is 1.74. The van der Waals surface area contributed by atoms with Crippen molar-refractivity contribution in [3.8, 4) is 0 Å². The summed E-state index contributed by atoms with van der Waals surface area (Å²) in [5, 5.41) is 12.6. The first kappa shape index (κ1) is 11.4. The number of nitrogens with one attached hydrogen (secondary N) is 1. The number of hydrogen-bond donors (Lipinski definition) is 2. The van der Waals surface area contributed by atoms with E-state index in [0.717, 1.165) is 18.7 Å². The van der Waals surface area contributed by atoms with Gasteiger partial charge in [0.15, 0.2) is 0 Å². The Bertz CT molecular complexity index is 401. The number of aromatic nitrogens is 2. The van der Waals surface area contributed by atoms with Crippen LogP contribution in [0, 0.1) is 5.92 Å². The van der Waals surface area contributed by atoms with Crippen molar-refractivity contribution in [3.05, 3.63) is 17.2 Å². The zero-order chi connectivity index (χ0) is 11.7. The molecule has 0 bridgehead atoms. The molecule has 0 spiro atoms. The number of carboxylic acids is 1. The van der Waals surface area contributed by atoms with Gasteiger partial charge in [-0.3, -0.25) is 10.1 Å². The molecule has 1 saturated carbocycles. The van der Waals surface area contributed by atoms with E-state index in [1.165, 1.54) is 0 Å². The molecule has 16 heavy (non-hydrogen) atoms. The highest BCUT2D eigenvalue weighted by Crippen LogP contribution is 2.32. The Hall–Kier alpha value is -1.07. The van der Waals surface area contributed by atoms with Crippen molar-refractivity contribution in [2.24, 2.45) is 13.0 Å². The number of halogens is 1. The minimum Gasteiger partial charge on any atom is -0.480 e. The molecule has 0 radical (unpaired) electrons. The maximum Gasteiger partial charge on any atom is 0.320 e. The fraction of sp³-hybridized carbons (Fsp3) is 0.600. The predicted molar refractivity (Wildman–Crippen MR) is 59.2 cm³/mol. The number of imidazole rings is 1. The summed E-state index contributed by atoms with van der Waals surface area (Å²) in [6, 6.07) is -0.463. The molecule has 1 aromatic rings. The molecule has 6 heteroatoms. The lowest BCUT2D eigenvalue weighted by molar-refractivity contribution is -0.140. The van der Waals surface area contributed by atoms with E-state index in [4.69, 9.17) is 16.7 Å². The molecule has 2 N–H and O–H groups in total. The van der Waals surface area contributed by atoms with Gasteiger partial charge >= 0.3 is 5.97 Å². The summed E-state index contributed by atoms with van der Waals surface area (Å²) in [7, 11) is 1.80. The van der Waals surface area contributed by atoms with E-state index in [2.05, 4.69) is 10.3 Å². The third-order valence-corrected chi connectivity index (χ3v) is 3.22. The third kappa shape index (κ3) is 2.36. The van der Waals surface area contributed by atoms with E-state index < -0.39 is 12.0 Å². The van der Waals surface area contributed by atoms with Crippen molar-refractivity contribution >= 4 is 17.6 Å². The van der Waals surface area contributed by atoms with Crippen molar-refractivity contribution in [2.45, 2.75) is 25.4 Å². The molecular formula is C10H14ClN3O2. The van der Waals surface area contributed by atoms with Gasteiger partial charge in [-0.05, 0) is 18.8 Å². The molecule has 1 aliphatic carbocycles. The van der Waals surface area contributed by atoms with Gasteiger partial charge in [0.1, 0.15) is 17.0 Å². The average Bonchev–Trinajstić information content (AvgIpc) is 3.00. The summed E-state index contributed by atoms with van der Waals surface area (Å²) in [5.41, 5.74) is 0. The Morgan fingerprint density at radius 1 is 1.81 bits per heavy atom. The second kappa shape index (κ2) is 4.43. The molecule has 1 unspecified atom stereocenters. The van der Waals surface area contributed by atoms with E-state index in [1.807, 2.05) is 0 Å². The molecule has 1 heterocycles. The van der Waals surface area contributed by atoms with Crippen LogP contribution in [0.5, 0.6) is 0 Å². The molecule has 5 nitrogen and oxygen atoms in total. The zero-order valence-corrected chi connectivity index (χ0v) is 9.74. The summed E-state index contributed by atoms with van der Waals surface area (Å²) in [6.07, 6.45) is 3.54.